The second-order valence-electron chi connectivity index (χ2n) is 15.9. The van der Waals surface area contributed by atoms with Gasteiger partial charge in [-0.2, -0.15) is 0 Å². The first-order valence-electron chi connectivity index (χ1n) is 19.0. The molecule has 2 heterocycles. The normalized spacial score (nSPS) is 14.0. The third kappa shape index (κ3) is 13.7. The van der Waals surface area contributed by atoms with Crippen molar-refractivity contribution in [2.24, 2.45) is 0 Å². The summed E-state index contributed by atoms with van der Waals surface area (Å²) < 4.78 is 17.7. The number of ether oxygens (including phenoxy) is 3. The van der Waals surface area contributed by atoms with E-state index in [1.165, 1.54) is 5.56 Å². The fraction of sp³-hybridized carbons (Fsp3) is 0.435. The zero-order valence-electron chi connectivity index (χ0n) is 33.8. The second-order valence-corrected chi connectivity index (χ2v) is 15.9. The van der Waals surface area contributed by atoms with Crippen molar-refractivity contribution in [2.75, 3.05) is 34.5 Å². The number of nitrogens with zero attached hydrogens (tertiary/aromatic N) is 1. The van der Waals surface area contributed by atoms with Crippen LogP contribution in [0.2, 0.25) is 0 Å². The Morgan fingerprint density at radius 3 is 1.67 bits per heavy atom. The number of phenolic OH excluding ortho intramolecular Hbond substituents is 1. The van der Waals surface area contributed by atoms with Crippen LogP contribution in [0.4, 0.5) is 0 Å². The number of rotatable bonds is 18. The summed E-state index contributed by atoms with van der Waals surface area (Å²) in [6, 6.07) is 9.10. The maximum Gasteiger partial charge on any atom is 0.231 e. The van der Waals surface area contributed by atoms with Crippen LogP contribution >= 0.6 is 0 Å². The standard InChI is InChI=1S/C23H27NO5.B28.HI/c1-24(2)11-10-16-12-20-22(29-14-28-20)23(27-3)21(16)19(24)13-18(26)9-6-15-4-7-17(25)8-5-15;1-16(2)23(15)27(24(17(3)4)18(5)6)28(25(19(7)8)20(9)10)26(21(11)12)22(13)14;/h4-5,7-8,12,19H,6,9-11,13-14H2,1-3H3;;1H. The zero-order valence-corrected chi connectivity index (χ0v) is 35.9. The largest absolute Gasteiger partial charge is 1.00 e. The molecule has 1 unspecified atom stereocenters. The topological polar surface area (TPSA) is 65.0 Å². The van der Waals surface area contributed by atoms with Gasteiger partial charge in [0, 0.05) is 212 Å². The number of hydrogen-bond acceptors (Lipinski definition) is 5. The second kappa shape index (κ2) is 24.0. The Balaban J connectivity index is 0.000000394. The van der Waals surface area contributed by atoms with Crippen LogP contribution in [-0.4, -0.2) is 249 Å². The summed E-state index contributed by atoms with van der Waals surface area (Å²) in [7, 11) is 95.6. The molecule has 30 radical (unpaired) electrons. The van der Waals surface area contributed by atoms with Gasteiger partial charge in [0.2, 0.25) is 12.5 Å². The summed E-state index contributed by atoms with van der Waals surface area (Å²) in [6.45, 7) is 1.15. The Morgan fingerprint density at radius 1 is 0.741 bits per heavy atom. The number of ketones is 1. The van der Waals surface area contributed by atoms with Gasteiger partial charge >= 0.3 is 0 Å². The number of benzene rings is 2. The number of phenols is 1. The van der Waals surface area contributed by atoms with Gasteiger partial charge in [-0.1, -0.05) is 12.1 Å². The van der Waals surface area contributed by atoms with Gasteiger partial charge in [-0.25, -0.2) is 0 Å². The number of hydrogen-bond donors (Lipinski definition) is 1. The Labute approximate surface area is 390 Å². The molecule has 246 valence electrons. The van der Waals surface area contributed by atoms with E-state index in [-0.39, 0.29) is 48.3 Å². The molecule has 0 fully saturated rings. The van der Waals surface area contributed by atoms with Gasteiger partial charge < -0.3 is 47.8 Å². The van der Waals surface area contributed by atoms with Crippen LogP contribution in [0, 0.1) is 0 Å². The Bertz CT molecular complexity index is 1550. The fourth-order valence-electron chi connectivity index (χ4n) is 8.48. The van der Waals surface area contributed by atoms with Gasteiger partial charge in [-0.05, 0) is 35.7 Å². The van der Waals surface area contributed by atoms with E-state index in [9.17, 15) is 9.90 Å². The minimum Gasteiger partial charge on any atom is -1.00 e. The number of likely N-dealkylation sites (N-methyl/N-ethyl adjacent to an activating group) is 1. The van der Waals surface area contributed by atoms with Crippen LogP contribution in [0.25, 0.3) is 0 Å². The minimum atomic E-state index is -1.03. The fourth-order valence-corrected chi connectivity index (χ4v) is 8.48. The highest BCUT2D eigenvalue weighted by Crippen LogP contribution is 2.51. The Hall–Kier alpha value is -0.182. The molecule has 2 aliphatic heterocycles. The minimum absolute atomic E-state index is 0. The van der Waals surface area contributed by atoms with Gasteiger partial charge in [0.15, 0.2) is 11.5 Å². The Morgan fingerprint density at radius 2 is 1.22 bits per heavy atom. The van der Waals surface area contributed by atoms with E-state index in [2.05, 4.69) is 14.1 Å². The lowest BCUT2D eigenvalue weighted by atomic mass is 8.32. The Kier molecular flexibility index (Phi) is 22.4. The highest BCUT2D eigenvalue weighted by molar-refractivity contribution is 8.26. The summed E-state index contributed by atoms with van der Waals surface area (Å²) in [6.07, 6.45) is -9.74. The van der Waals surface area contributed by atoms with Crippen LogP contribution in [0.15, 0.2) is 30.3 Å². The highest BCUT2D eigenvalue weighted by Gasteiger charge is 2.51. The third-order valence-corrected chi connectivity index (χ3v) is 11.5. The van der Waals surface area contributed by atoms with E-state index in [0.717, 1.165) is 34.3 Å². The SMILES string of the molecule is COc1c2c(cc3c1C(CC(=O)CCc1ccc(O)cc1)[N+](C)(C)CC3)OCO2.[B]B([B])B([B])B(B(B([B])[B])B([B])[B])B(B(B([B])[B])B([B])[B])B(B([B])[B])B([B])[B].[I-]. The number of aromatic hydroxyl groups is 1. The van der Waals surface area contributed by atoms with Crippen molar-refractivity contribution in [1.29, 1.82) is 0 Å². The molecule has 0 bridgehead atoms. The number of carbonyl (C=O) groups is 1. The molecule has 1 atom stereocenters. The highest BCUT2D eigenvalue weighted by atomic mass is 127. The number of aryl methyl sites for hydroxylation is 1. The van der Waals surface area contributed by atoms with Crippen LogP contribution in [0.1, 0.15) is 35.6 Å². The first kappa shape index (κ1) is 54.0. The molecule has 0 aromatic heterocycles. The van der Waals surface area contributed by atoms with E-state index in [0.29, 0.717) is 30.8 Å². The first-order chi connectivity index (χ1) is 26.5. The molecule has 35 heteroatoms. The predicted octanol–water partition coefficient (Wildman–Crippen LogP) is -10.3. The molecule has 0 spiro atoms. The van der Waals surface area contributed by atoms with E-state index >= 15 is 0 Å². The molecule has 0 amide bonds. The molecule has 2 aromatic carbocycles. The lowest BCUT2D eigenvalue weighted by molar-refractivity contribution is -0.922. The quantitative estimate of drug-likeness (QED) is 0.0921. The molecule has 0 saturated heterocycles. The van der Waals surface area contributed by atoms with Gasteiger partial charge in [-0.15, -0.1) is 0 Å². The van der Waals surface area contributed by atoms with Gasteiger partial charge in [0.1, 0.15) is 17.6 Å². The molecule has 6 nitrogen and oxygen atoms in total. The van der Waals surface area contributed by atoms with Crippen molar-refractivity contribution in [3.05, 3.63) is 47.0 Å². The van der Waals surface area contributed by atoms with Crippen molar-refractivity contribution in [2.45, 2.75) is 31.7 Å². The molecule has 0 aliphatic carbocycles. The number of fused-ring (bicyclic) bond motifs is 2. The molecular weight excluding hydrogens is 800 g/mol. The number of quaternary nitrogens is 1. The lowest BCUT2D eigenvalue weighted by Crippen LogP contribution is -3.00. The number of Topliss-reactive ketones (excluding diaryl/α,β-unsaturated/α-hetero) is 1. The molecule has 58 heavy (non-hydrogen) atoms. The smallest absolute Gasteiger partial charge is 0.231 e. The van der Waals surface area contributed by atoms with Crippen molar-refractivity contribution in [3.8, 4) is 23.0 Å². The number of carbonyl (C=O) groups excluding carboxylic acids is 1. The average Bonchev–Trinajstić information content (AvgIpc) is 3.58. The van der Waals surface area contributed by atoms with Crippen LogP contribution in [0.5, 0.6) is 23.0 Å². The summed E-state index contributed by atoms with van der Waals surface area (Å²) in [5.74, 6) is 2.54. The maximum absolute atomic E-state index is 12.9. The van der Waals surface area contributed by atoms with E-state index in [4.69, 9.17) is 130 Å². The van der Waals surface area contributed by atoms with E-state index < -0.39 is 83.0 Å². The van der Waals surface area contributed by atoms with Crippen molar-refractivity contribution >= 4 is 205 Å². The van der Waals surface area contributed by atoms with Crippen molar-refractivity contribution < 1.29 is 52.6 Å². The number of halogens is 1. The molecule has 4 rings (SSSR count). The maximum atomic E-state index is 12.9. The van der Waals surface area contributed by atoms with Crippen molar-refractivity contribution in [3.63, 3.8) is 0 Å². The lowest BCUT2D eigenvalue weighted by Gasteiger charge is -2.49. The first-order valence-corrected chi connectivity index (χ1v) is 19.0. The summed E-state index contributed by atoms with van der Waals surface area (Å²) >= 11 is 0. The summed E-state index contributed by atoms with van der Waals surface area (Å²) in [5, 5.41) is 9.42. The van der Waals surface area contributed by atoms with Gasteiger partial charge in [0.25, 0.3) is 0 Å². The van der Waals surface area contributed by atoms with Gasteiger partial charge in [-0.3, -0.25) is 4.79 Å². The molecule has 2 aliphatic rings. The molecule has 2 aromatic rings. The van der Waals surface area contributed by atoms with Crippen LogP contribution in [-0.2, 0) is 17.6 Å². The summed E-state index contributed by atoms with van der Waals surface area (Å²) in [4.78, 5) is 12.9. The molecule has 1 N–H and O–H groups in total. The van der Waals surface area contributed by atoms with E-state index in [1.54, 1.807) is 19.2 Å². The van der Waals surface area contributed by atoms with Crippen molar-refractivity contribution in [1.82, 2.24) is 0 Å². The monoisotopic (exact) mass is 833 g/mol. The van der Waals surface area contributed by atoms with Crippen LogP contribution in [0.3, 0.4) is 0 Å². The van der Waals surface area contributed by atoms with Gasteiger partial charge in [0.05, 0.1) is 39.7 Å². The van der Waals surface area contributed by atoms with E-state index in [1.807, 2.05) is 18.2 Å². The third-order valence-electron chi connectivity index (χ3n) is 11.5. The molecular formula is C23H28B28INO5. The molecule has 0 saturated carbocycles. The average molecular weight is 828 g/mol. The number of methoxy groups -OCH3 is 1. The predicted molar refractivity (Wildman–Crippen MR) is 270 cm³/mol. The van der Waals surface area contributed by atoms with Crippen LogP contribution < -0.4 is 38.2 Å². The zero-order chi connectivity index (χ0) is 43.1. The summed E-state index contributed by atoms with van der Waals surface area (Å²) in [5.41, 5.74) is 3.31.